The molecule has 6 heteroatoms. The lowest BCUT2D eigenvalue weighted by molar-refractivity contribution is -0.142. The Balaban J connectivity index is 1.58. The molecule has 1 atom stereocenters. The monoisotopic (exact) mass is 435 g/mol. The summed E-state index contributed by atoms with van der Waals surface area (Å²) < 4.78 is 5.84. The molecule has 1 heterocycles. The number of nitrogens with one attached hydrogen (secondary N) is 1. The SMILES string of the molecule is CCCCCCCOc1ccc(-c2cnc(-c3ccc(C[C@](C)(N)C(=O)O)cc3)[nH]2)cc1. The highest BCUT2D eigenvalue weighted by molar-refractivity contribution is 5.78. The highest BCUT2D eigenvalue weighted by Crippen LogP contribution is 2.25. The Morgan fingerprint density at radius 3 is 2.34 bits per heavy atom. The number of rotatable bonds is 12. The van der Waals surface area contributed by atoms with E-state index in [1.807, 2.05) is 54.7 Å². The van der Waals surface area contributed by atoms with Crippen LogP contribution in [0, 0.1) is 0 Å². The number of H-pyrrole nitrogens is 1. The molecule has 0 bridgehead atoms. The summed E-state index contributed by atoms with van der Waals surface area (Å²) in [6.07, 6.45) is 8.21. The molecular formula is C26H33N3O3. The number of hydrogen-bond donors (Lipinski definition) is 3. The van der Waals surface area contributed by atoms with Crippen LogP contribution in [0.25, 0.3) is 22.6 Å². The first-order valence-electron chi connectivity index (χ1n) is 11.3. The highest BCUT2D eigenvalue weighted by Gasteiger charge is 2.27. The smallest absolute Gasteiger partial charge is 0.323 e. The van der Waals surface area contributed by atoms with Crippen molar-refractivity contribution in [3.8, 4) is 28.4 Å². The van der Waals surface area contributed by atoms with Gasteiger partial charge in [0.2, 0.25) is 0 Å². The number of carboxylic acids is 1. The van der Waals surface area contributed by atoms with Crippen LogP contribution in [0.15, 0.2) is 54.7 Å². The molecule has 0 fully saturated rings. The van der Waals surface area contributed by atoms with Crippen LogP contribution in [-0.2, 0) is 11.2 Å². The van der Waals surface area contributed by atoms with Crippen LogP contribution in [0.1, 0.15) is 51.5 Å². The van der Waals surface area contributed by atoms with E-state index in [0.717, 1.165) is 47.0 Å². The molecule has 0 aliphatic rings. The van der Waals surface area contributed by atoms with Crippen LogP contribution in [0.5, 0.6) is 5.75 Å². The summed E-state index contributed by atoms with van der Waals surface area (Å²) in [5, 5.41) is 9.20. The number of imidazole rings is 1. The van der Waals surface area contributed by atoms with E-state index in [9.17, 15) is 9.90 Å². The zero-order valence-corrected chi connectivity index (χ0v) is 18.9. The molecule has 6 nitrogen and oxygen atoms in total. The lowest BCUT2D eigenvalue weighted by Gasteiger charge is -2.19. The number of unbranched alkanes of at least 4 members (excludes halogenated alkanes) is 4. The number of aromatic nitrogens is 2. The molecule has 0 saturated heterocycles. The third-order valence-electron chi connectivity index (χ3n) is 5.55. The number of benzene rings is 2. The van der Waals surface area contributed by atoms with Gasteiger partial charge >= 0.3 is 5.97 Å². The molecule has 4 N–H and O–H groups in total. The van der Waals surface area contributed by atoms with Crippen LogP contribution in [0.4, 0.5) is 0 Å². The first-order chi connectivity index (χ1) is 15.4. The Hall–Kier alpha value is -3.12. The summed E-state index contributed by atoms with van der Waals surface area (Å²) in [4.78, 5) is 19.1. The van der Waals surface area contributed by atoms with Gasteiger partial charge < -0.3 is 20.6 Å². The van der Waals surface area contributed by atoms with Gasteiger partial charge in [0.05, 0.1) is 18.5 Å². The van der Waals surface area contributed by atoms with Gasteiger partial charge in [-0.1, -0.05) is 56.9 Å². The molecule has 0 aliphatic heterocycles. The van der Waals surface area contributed by atoms with Crippen LogP contribution >= 0.6 is 0 Å². The maximum absolute atomic E-state index is 11.2. The third kappa shape index (κ3) is 6.44. The second-order valence-corrected chi connectivity index (χ2v) is 8.53. The number of aliphatic carboxylic acids is 1. The van der Waals surface area contributed by atoms with Crippen molar-refractivity contribution >= 4 is 5.97 Å². The lowest BCUT2D eigenvalue weighted by Crippen LogP contribution is -2.46. The minimum Gasteiger partial charge on any atom is -0.494 e. The Kier molecular flexibility index (Phi) is 8.06. The second-order valence-electron chi connectivity index (χ2n) is 8.53. The Morgan fingerprint density at radius 1 is 1.03 bits per heavy atom. The van der Waals surface area contributed by atoms with Gasteiger partial charge in [0.1, 0.15) is 17.1 Å². The van der Waals surface area contributed by atoms with E-state index >= 15 is 0 Å². The molecule has 3 rings (SSSR count). The predicted molar refractivity (Wildman–Crippen MR) is 128 cm³/mol. The Morgan fingerprint density at radius 2 is 1.69 bits per heavy atom. The fraction of sp³-hybridized carbons (Fsp3) is 0.385. The zero-order chi connectivity index (χ0) is 23.0. The number of carbonyl (C=O) groups is 1. The molecule has 3 aromatic rings. The maximum Gasteiger partial charge on any atom is 0.323 e. The van der Waals surface area contributed by atoms with Crippen LogP contribution in [0.2, 0.25) is 0 Å². The van der Waals surface area contributed by atoms with Gasteiger partial charge in [-0.2, -0.15) is 0 Å². The molecule has 0 saturated carbocycles. The number of aromatic amines is 1. The minimum atomic E-state index is -1.29. The van der Waals surface area contributed by atoms with E-state index in [1.54, 1.807) is 0 Å². The fourth-order valence-electron chi connectivity index (χ4n) is 3.52. The Labute approximate surface area is 189 Å². The molecule has 0 spiro atoms. The molecule has 32 heavy (non-hydrogen) atoms. The van der Waals surface area contributed by atoms with Gasteiger partial charge in [-0.15, -0.1) is 0 Å². The maximum atomic E-state index is 11.2. The molecule has 0 radical (unpaired) electrons. The number of nitrogens with zero attached hydrogens (tertiary/aromatic N) is 1. The van der Waals surface area contributed by atoms with Crippen LogP contribution < -0.4 is 10.5 Å². The molecule has 170 valence electrons. The number of nitrogens with two attached hydrogens (primary N) is 1. The average Bonchev–Trinajstić information content (AvgIpc) is 3.27. The van der Waals surface area contributed by atoms with E-state index in [-0.39, 0.29) is 6.42 Å². The van der Waals surface area contributed by atoms with Crippen molar-refractivity contribution in [3.63, 3.8) is 0 Å². The van der Waals surface area contributed by atoms with E-state index < -0.39 is 11.5 Å². The lowest BCUT2D eigenvalue weighted by atomic mass is 9.93. The van der Waals surface area contributed by atoms with Gasteiger partial charge in [0.25, 0.3) is 0 Å². The van der Waals surface area contributed by atoms with Gasteiger partial charge in [0.15, 0.2) is 0 Å². The molecular weight excluding hydrogens is 402 g/mol. The summed E-state index contributed by atoms with van der Waals surface area (Å²) in [7, 11) is 0. The summed E-state index contributed by atoms with van der Waals surface area (Å²) in [5.74, 6) is 0.626. The highest BCUT2D eigenvalue weighted by atomic mass is 16.5. The van der Waals surface area contributed by atoms with Crippen molar-refractivity contribution in [2.24, 2.45) is 5.73 Å². The zero-order valence-electron chi connectivity index (χ0n) is 18.9. The Bertz CT molecular complexity index is 992. The van der Waals surface area contributed by atoms with Crippen LogP contribution in [0.3, 0.4) is 0 Å². The topological polar surface area (TPSA) is 101 Å². The van der Waals surface area contributed by atoms with Gasteiger partial charge in [-0.05, 0) is 48.7 Å². The fourth-order valence-corrected chi connectivity index (χ4v) is 3.52. The molecule has 2 aromatic carbocycles. The quantitative estimate of drug-likeness (QED) is 0.329. The standard InChI is InChI=1S/C26H33N3O3/c1-3-4-5-6-7-16-32-22-14-12-20(13-15-22)23-18-28-24(29-23)21-10-8-19(9-11-21)17-26(2,27)25(30)31/h8-15,18H,3-7,16-17,27H2,1-2H3,(H,28,29)(H,30,31)/t26-/m0/s1. The van der Waals surface area contributed by atoms with Gasteiger partial charge in [0, 0.05) is 12.0 Å². The van der Waals surface area contributed by atoms with E-state index in [4.69, 9.17) is 10.5 Å². The van der Waals surface area contributed by atoms with Crippen molar-refractivity contribution in [2.45, 2.75) is 57.9 Å². The second kappa shape index (κ2) is 11.0. The largest absolute Gasteiger partial charge is 0.494 e. The first kappa shape index (κ1) is 23.5. The average molecular weight is 436 g/mol. The molecule has 0 amide bonds. The minimum absolute atomic E-state index is 0.263. The van der Waals surface area contributed by atoms with Gasteiger partial charge in [-0.25, -0.2) is 4.98 Å². The van der Waals surface area contributed by atoms with Crippen LogP contribution in [-0.4, -0.2) is 33.2 Å². The summed E-state index contributed by atoms with van der Waals surface area (Å²) in [6, 6.07) is 15.7. The normalized spacial score (nSPS) is 13.0. The van der Waals surface area contributed by atoms with Gasteiger partial charge in [-0.3, -0.25) is 4.79 Å². The summed E-state index contributed by atoms with van der Waals surface area (Å²) >= 11 is 0. The number of hydrogen-bond acceptors (Lipinski definition) is 4. The van der Waals surface area contributed by atoms with Crippen molar-refractivity contribution < 1.29 is 14.6 Å². The van der Waals surface area contributed by atoms with E-state index in [2.05, 4.69) is 16.9 Å². The number of ether oxygens (including phenoxy) is 1. The number of carboxylic acid groups (broad SMARTS) is 1. The molecule has 0 aliphatic carbocycles. The first-order valence-corrected chi connectivity index (χ1v) is 11.3. The van der Waals surface area contributed by atoms with E-state index in [1.165, 1.54) is 32.6 Å². The van der Waals surface area contributed by atoms with Crippen molar-refractivity contribution in [1.82, 2.24) is 9.97 Å². The summed E-state index contributed by atoms with van der Waals surface area (Å²) in [5.41, 5.74) is 8.32. The van der Waals surface area contributed by atoms with Crippen molar-refractivity contribution in [1.29, 1.82) is 0 Å². The molecule has 0 unspecified atom stereocenters. The van der Waals surface area contributed by atoms with E-state index in [0.29, 0.717) is 0 Å². The van der Waals surface area contributed by atoms with Crippen molar-refractivity contribution in [2.75, 3.05) is 6.61 Å². The van der Waals surface area contributed by atoms with Crippen molar-refractivity contribution in [3.05, 3.63) is 60.3 Å². The molecule has 1 aromatic heterocycles. The summed E-state index contributed by atoms with van der Waals surface area (Å²) in [6.45, 7) is 4.49. The predicted octanol–water partition coefficient (Wildman–Crippen LogP) is 5.44. The third-order valence-corrected chi connectivity index (χ3v) is 5.55.